The Morgan fingerprint density at radius 1 is 1.36 bits per heavy atom. The predicted molar refractivity (Wildman–Crippen MR) is 63.8 cm³/mol. The van der Waals surface area contributed by atoms with E-state index in [2.05, 4.69) is 43.4 Å². The van der Waals surface area contributed by atoms with Gasteiger partial charge < -0.3 is 5.32 Å². The Morgan fingerprint density at radius 2 is 2.07 bits per heavy atom. The molecule has 1 aliphatic heterocycles. The van der Waals surface area contributed by atoms with E-state index >= 15 is 0 Å². The van der Waals surface area contributed by atoms with E-state index in [4.69, 9.17) is 0 Å². The van der Waals surface area contributed by atoms with Crippen LogP contribution in [0.2, 0.25) is 0 Å². The molecule has 2 rings (SSSR count). The Hall–Kier alpha value is -0.470. The second-order valence-electron chi connectivity index (χ2n) is 3.98. The smallest absolute Gasteiger partial charge is 0.0297 e. The van der Waals surface area contributed by atoms with Crippen LogP contribution in [-0.2, 0) is 0 Å². The van der Waals surface area contributed by atoms with Crippen molar-refractivity contribution in [2.24, 2.45) is 0 Å². The van der Waals surface area contributed by atoms with Gasteiger partial charge in [0, 0.05) is 23.6 Å². The number of benzene rings is 1. The van der Waals surface area contributed by atoms with Crippen LogP contribution in [0.15, 0.2) is 24.3 Å². The van der Waals surface area contributed by atoms with Gasteiger partial charge in [-0.15, -0.1) is 0 Å². The number of hydrogen-bond acceptors (Lipinski definition) is 2. The molecule has 0 spiro atoms. The first-order chi connectivity index (χ1) is 6.77. The maximum atomic E-state index is 3.65. The van der Waals surface area contributed by atoms with E-state index < -0.39 is 0 Å². The maximum Gasteiger partial charge on any atom is 0.0297 e. The Labute approximate surface area is 90.3 Å². The maximum absolute atomic E-state index is 3.65. The lowest BCUT2D eigenvalue weighted by molar-refractivity contribution is 0.501. The number of nitrogens with one attached hydrogen (secondary N) is 1. The van der Waals surface area contributed by atoms with Crippen LogP contribution in [0.4, 0.5) is 0 Å². The summed E-state index contributed by atoms with van der Waals surface area (Å²) in [5.74, 6) is 2.55. The molecule has 0 amide bonds. The summed E-state index contributed by atoms with van der Waals surface area (Å²) in [7, 11) is 0. The third-order valence-electron chi connectivity index (χ3n) is 2.78. The molecule has 1 nitrogen and oxygen atoms in total. The van der Waals surface area contributed by atoms with Crippen LogP contribution in [-0.4, -0.2) is 17.5 Å². The molecule has 76 valence electrons. The van der Waals surface area contributed by atoms with Gasteiger partial charge in [0.2, 0.25) is 0 Å². The van der Waals surface area contributed by atoms with E-state index in [1.165, 1.54) is 22.6 Å². The molecule has 0 bridgehead atoms. The third kappa shape index (κ3) is 2.12. The van der Waals surface area contributed by atoms with E-state index in [9.17, 15) is 0 Å². The van der Waals surface area contributed by atoms with Gasteiger partial charge in [-0.05, 0) is 25.0 Å². The highest BCUT2D eigenvalue weighted by molar-refractivity contribution is 8.00. The molecular weight excluding hydrogens is 190 g/mol. The summed E-state index contributed by atoms with van der Waals surface area (Å²) >= 11 is 2.02. The lowest BCUT2D eigenvalue weighted by Crippen LogP contribution is -2.41. The molecule has 1 aromatic rings. The highest BCUT2D eigenvalue weighted by atomic mass is 32.2. The molecule has 0 unspecified atom stereocenters. The lowest BCUT2D eigenvalue weighted by Gasteiger charge is -2.30. The third-order valence-corrected chi connectivity index (χ3v) is 4.05. The van der Waals surface area contributed by atoms with E-state index in [1.54, 1.807) is 0 Å². The van der Waals surface area contributed by atoms with Gasteiger partial charge in [-0.25, -0.2) is 0 Å². The molecule has 1 N–H and O–H groups in total. The number of hydrogen-bond donors (Lipinski definition) is 1. The second kappa shape index (κ2) is 4.37. The van der Waals surface area contributed by atoms with Gasteiger partial charge in [-0.1, -0.05) is 24.3 Å². The van der Waals surface area contributed by atoms with Crippen LogP contribution in [0, 0.1) is 6.92 Å². The van der Waals surface area contributed by atoms with E-state index in [0.29, 0.717) is 6.04 Å². The van der Waals surface area contributed by atoms with Crippen LogP contribution in [0.5, 0.6) is 0 Å². The van der Waals surface area contributed by atoms with Gasteiger partial charge in [0.25, 0.3) is 0 Å². The fourth-order valence-corrected chi connectivity index (χ4v) is 2.51. The average Bonchev–Trinajstić information content (AvgIpc) is 2.12. The molecular formula is C12H17NS. The molecule has 2 heteroatoms. The quantitative estimate of drug-likeness (QED) is 0.818. The van der Waals surface area contributed by atoms with Crippen molar-refractivity contribution in [3.8, 4) is 0 Å². The standard InChI is InChI=1S/C12H17NS/c1-9-5-3-4-6-12(9)10(2)13-11-7-14-8-11/h3-6,10-11,13H,7-8H2,1-2H3/t10-/m1/s1. The number of thioether (sulfide) groups is 1. The summed E-state index contributed by atoms with van der Waals surface area (Å²) in [5.41, 5.74) is 2.82. The zero-order valence-electron chi connectivity index (χ0n) is 8.79. The molecule has 1 atom stereocenters. The van der Waals surface area contributed by atoms with Crippen LogP contribution in [0.1, 0.15) is 24.1 Å². The summed E-state index contributed by atoms with van der Waals surface area (Å²) in [6.45, 7) is 4.44. The van der Waals surface area contributed by atoms with Crippen molar-refractivity contribution < 1.29 is 0 Å². The lowest BCUT2D eigenvalue weighted by atomic mass is 10.0. The molecule has 0 saturated carbocycles. The largest absolute Gasteiger partial charge is 0.306 e. The summed E-state index contributed by atoms with van der Waals surface area (Å²) in [6, 6.07) is 9.85. The average molecular weight is 207 g/mol. The zero-order valence-corrected chi connectivity index (χ0v) is 9.60. The van der Waals surface area contributed by atoms with Crippen molar-refractivity contribution >= 4 is 11.8 Å². The number of rotatable bonds is 3. The Kier molecular flexibility index (Phi) is 3.14. The summed E-state index contributed by atoms with van der Waals surface area (Å²) in [6.07, 6.45) is 0. The fourth-order valence-electron chi connectivity index (χ4n) is 1.85. The van der Waals surface area contributed by atoms with Crippen molar-refractivity contribution in [1.82, 2.24) is 5.32 Å². The van der Waals surface area contributed by atoms with Crippen LogP contribution in [0.3, 0.4) is 0 Å². The minimum Gasteiger partial charge on any atom is -0.306 e. The molecule has 0 aliphatic carbocycles. The van der Waals surface area contributed by atoms with Gasteiger partial charge >= 0.3 is 0 Å². The van der Waals surface area contributed by atoms with Crippen molar-refractivity contribution in [3.05, 3.63) is 35.4 Å². The summed E-state index contributed by atoms with van der Waals surface area (Å²) in [5, 5.41) is 3.65. The first-order valence-electron chi connectivity index (χ1n) is 5.16. The minimum atomic E-state index is 0.488. The van der Waals surface area contributed by atoms with Crippen LogP contribution >= 0.6 is 11.8 Å². The molecule has 0 radical (unpaired) electrons. The topological polar surface area (TPSA) is 12.0 Å². The summed E-state index contributed by atoms with van der Waals surface area (Å²) < 4.78 is 0. The van der Waals surface area contributed by atoms with Crippen molar-refractivity contribution in [2.45, 2.75) is 25.9 Å². The highest BCUT2D eigenvalue weighted by Gasteiger charge is 2.20. The Balaban J connectivity index is 2.02. The van der Waals surface area contributed by atoms with E-state index in [-0.39, 0.29) is 0 Å². The Bertz CT molecular complexity index is 307. The van der Waals surface area contributed by atoms with Crippen LogP contribution in [0.25, 0.3) is 0 Å². The molecule has 14 heavy (non-hydrogen) atoms. The van der Waals surface area contributed by atoms with Crippen molar-refractivity contribution in [2.75, 3.05) is 11.5 Å². The van der Waals surface area contributed by atoms with E-state index in [1.807, 2.05) is 11.8 Å². The highest BCUT2D eigenvalue weighted by Crippen LogP contribution is 2.23. The Morgan fingerprint density at radius 3 is 2.64 bits per heavy atom. The molecule has 1 heterocycles. The summed E-state index contributed by atoms with van der Waals surface area (Å²) in [4.78, 5) is 0. The van der Waals surface area contributed by atoms with Gasteiger partial charge in [0.1, 0.15) is 0 Å². The monoisotopic (exact) mass is 207 g/mol. The van der Waals surface area contributed by atoms with E-state index in [0.717, 1.165) is 6.04 Å². The normalized spacial score (nSPS) is 19.0. The van der Waals surface area contributed by atoms with Crippen molar-refractivity contribution in [1.29, 1.82) is 0 Å². The number of aryl methyl sites for hydroxylation is 1. The minimum absolute atomic E-state index is 0.488. The first-order valence-corrected chi connectivity index (χ1v) is 6.32. The first kappa shape index (κ1) is 10.1. The molecule has 1 fully saturated rings. The SMILES string of the molecule is Cc1ccccc1[C@@H](C)NC1CSC1. The molecule has 1 aliphatic rings. The van der Waals surface area contributed by atoms with Crippen LogP contribution < -0.4 is 5.32 Å². The molecule has 0 aromatic heterocycles. The fraction of sp³-hybridized carbons (Fsp3) is 0.500. The molecule has 1 aromatic carbocycles. The van der Waals surface area contributed by atoms with Gasteiger partial charge in [-0.2, -0.15) is 11.8 Å². The van der Waals surface area contributed by atoms with Gasteiger partial charge in [-0.3, -0.25) is 0 Å². The zero-order chi connectivity index (χ0) is 9.97. The second-order valence-corrected chi connectivity index (χ2v) is 5.05. The van der Waals surface area contributed by atoms with Gasteiger partial charge in [0.15, 0.2) is 0 Å². The molecule has 1 saturated heterocycles. The van der Waals surface area contributed by atoms with Gasteiger partial charge in [0.05, 0.1) is 0 Å². The van der Waals surface area contributed by atoms with Crippen molar-refractivity contribution in [3.63, 3.8) is 0 Å². The predicted octanol–water partition coefficient (Wildman–Crippen LogP) is 2.76.